The number of hydrogen-bond donors (Lipinski definition) is 0. The molecule has 4 nitrogen and oxygen atoms in total. The highest BCUT2D eigenvalue weighted by atomic mass is 19.1. The minimum atomic E-state index is -0.216. The molecule has 0 spiro atoms. The van der Waals surface area contributed by atoms with Crippen molar-refractivity contribution in [3.05, 3.63) is 114 Å². The fourth-order valence-electron chi connectivity index (χ4n) is 5.66. The van der Waals surface area contributed by atoms with E-state index >= 15 is 0 Å². The largest absolute Gasteiger partial charge is 0.497 e. The maximum absolute atomic E-state index is 13.7. The molecule has 1 saturated heterocycles. The Morgan fingerprint density at radius 3 is 2.42 bits per heavy atom. The number of halogens is 1. The Labute approximate surface area is 223 Å². The van der Waals surface area contributed by atoms with Crippen molar-refractivity contribution in [1.29, 1.82) is 0 Å². The molecule has 5 heteroatoms. The summed E-state index contributed by atoms with van der Waals surface area (Å²) in [5.74, 6) is 1.17. The SMILES string of the molecule is COc1ccc(CCN2CCC(c3cn(-c4ccc(F)cc4)c4ccc(-c5cccnc5)cc34)CC2)cc1. The van der Waals surface area contributed by atoms with Gasteiger partial charge in [0.05, 0.1) is 12.6 Å². The van der Waals surface area contributed by atoms with E-state index in [2.05, 4.69) is 57.0 Å². The first-order valence-corrected chi connectivity index (χ1v) is 13.3. The third-order valence-electron chi connectivity index (χ3n) is 7.84. The fourth-order valence-corrected chi connectivity index (χ4v) is 5.66. The van der Waals surface area contributed by atoms with Crippen LogP contribution in [0.5, 0.6) is 5.75 Å². The number of likely N-dealkylation sites (tertiary alicyclic amines) is 1. The van der Waals surface area contributed by atoms with Gasteiger partial charge < -0.3 is 14.2 Å². The van der Waals surface area contributed by atoms with Crippen LogP contribution in [-0.2, 0) is 6.42 Å². The number of methoxy groups -OCH3 is 1. The minimum Gasteiger partial charge on any atom is -0.497 e. The van der Waals surface area contributed by atoms with E-state index < -0.39 is 0 Å². The predicted octanol–water partition coefficient (Wildman–Crippen LogP) is 7.26. The van der Waals surface area contributed by atoms with Gasteiger partial charge in [-0.25, -0.2) is 4.39 Å². The first-order chi connectivity index (χ1) is 18.7. The van der Waals surface area contributed by atoms with Crippen LogP contribution in [0.3, 0.4) is 0 Å². The van der Waals surface area contributed by atoms with Gasteiger partial charge in [0.25, 0.3) is 0 Å². The van der Waals surface area contributed by atoms with Crippen molar-refractivity contribution < 1.29 is 9.13 Å². The molecule has 0 atom stereocenters. The molecule has 0 saturated carbocycles. The van der Waals surface area contributed by atoms with E-state index in [9.17, 15) is 4.39 Å². The van der Waals surface area contributed by atoms with Gasteiger partial charge in [0.1, 0.15) is 11.6 Å². The van der Waals surface area contributed by atoms with E-state index in [1.165, 1.54) is 34.2 Å². The maximum atomic E-state index is 13.7. The van der Waals surface area contributed by atoms with Crippen LogP contribution in [0.25, 0.3) is 27.7 Å². The Hall–Kier alpha value is -3.96. The summed E-state index contributed by atoms with van der Waals surface area (Å²) in [5, 5.41) is 1.27. The number of pyridine rings is 1. The van der Waals surface area contributed by atoms with Gasteiger partial charge in [-0.1, -0.05) is 24.3 Å². The quantitative estimate of drug-likeness (QED) is 0.233. The number of nitrogens with zero attached hydrogens (tertiary/aromatic N) is 3. The van der Waals surface area contributed by atoms with E-state index in [1.807, 2.05) is 36.5 Å². The molecule has 1 aliphatic heterocycles. The van der Waals surface area contributed by atoms with Crippen LogP contribution in [0, 0.1) is 5.82 Å². The minimum absolute atomic E-state index is 0.216. The summed E-state index contributed by atoms with van der Waals surface area (Å²) in [5.41, 5.74) is 7.14. The molecule has 0 aliphatic carbocycles. The number of rotatable bonds is 7. The number of fused-ring (bicyclic) bond motifs is 1. The van der Waals surface area contributed by atoms with E-state index in [1.54, 1.807) is 13.3 Å². The zero-order valence-corrected chi connectivity index (χ0v) is 21.7. The lowest BCUT2D eigenvalue weighted by atomic mass is 9.88. The van der Waals surface area contributed by atoms with Crippen LogP contribution in [0.4, 0.5) is 4.39 Å². The summed E-state index contributed by atoms with van der Waals surface area (Å²) in [4.78, 5) is 6.90. The summed E-state index contributed by atoms with van der Waals surface area (Å²) in [7, 11) is 1.70. The molecular formula is C33H32FN3O. The Morgan fingerprint density at radius 2 is 1.71 bits per heavy atom. The van der Waals surface area contributed by atoms with Crippen LogP contribution in [-0.4, -0.2) is 41.2 Å². The van der Waals surface area contributed by atoms with Crippen molar-refractivity contribution in [1.82, 2.24) is 14.5 Å². The van der Waals surface area contributed by atoms with Gasteiger partial charge in [-0.2, -0.15) is 0 Å². The van der Waals surface area contributed by atoms with Crippen molar-refractivity contribution >= 4 is 10.9 Å². The molecule has 1 aliphatic rings. The first-order valence-electron chi connectivity index (χ1n) is 13.3. The molecule has 3 aromatic carbocycles. The lowest BCUT2D eigenvalue weighted by Gasteiger charge is -2.32. The normalized spacial score (nSPS) is 14.7. The second-order valence-corrected chi connectivity index (χ2v) is 10.1. The lowest BCUT2D eigenvalue weighted by molar-refractivity contribution is 0.215. The van der Waals surface area contributed by atoms with E-state index in [0.29, 0.717) is 5.92 Å². The zero-order valence-electron chi connectivity index (χ0n) is 21.7. The Morgan fingerprint density at radius 1 is 0.921 bits per heavy atom. The summed E-state index contributed by atoms with van der Waals surface area (Å²) >= 11 is 0. The predicted molar refractivity (Wildman–Crippen MR) is 152 cm³/mol. The number of piperidine rings is 1. The number of hydrogen-bond acceptors (Lipinski definition) is 3. The molecule has 0 radical (unpaired) electrons. The molecule has 0 unspecified atom stereocenters. The number of benzene rings is 3. The highest BCUT2D eigenvalue weighted by Crippen LogP contribution is 2.37. The maximum Gasteiger partial charge on any atom is 0.123 e. The molecule has 0 N–H and O–H groups in total. The van der Waals surface area contributed by atoms with Gasteiger partial charge in [0, 0.05) is 41.8 Å². The lowest BCUT2D eigenvalue weighted by Crippen LogP contribution is -2.34. The Kier molecular flexibility index (Phi) is 6.93. The summed E-state index contributed by atoms with van der Waals surface area (Å²) < 4.78 is 21.2. The topological polar surface area (TPSA) is 30.3 Å². The third kappa shape index (κ3) is 5.07. The van der Waals surface area contributed by atoms with Crippen molar-refractivity contribution in [2.45, 2.75) is 25.2 Å². The van der Waals surface area contributed by atoms with Gasteiger partial charge in [-0.3, -0.25) is 4.98 Å². The van der Waals surface area contributed by atoms with Crippen molar-refractivity contribution in [3.63, 3.8) is 0 Å². The molecule has 3 heterocycles. The molecule has 192 valence electrons. The average molecular weight is 506 g/mol. The van der Waals surface area contributed by atoms with Crippen LogP contribution >= 0.6 is 0 Å². The van der Waals surface area contributed by atoms with Crippen LogP contribution in [0.1, 0.15) is 29.9 Å². The van der Waals surface area contributed by atoms with Gasteiger partial charge in [0.2, 0.25) is 0 Å². The molecule has 0 amide bonds. The van der Waals surface area contributed by atoms with Crippen LogP contribution in [0.15, 0.2) is 97.5 Å². The monoisotopic (exact) mass is 505 g/mol. The molecule has 6 rings (SSSR count). The van der Waals surface area contributed by atoms with Crippen molar-refractivity contribution in [2.24, 2.45) is 0 Å². The van der Waals surface area contributed by atoms with Crippen LogP contribution in [0.2, 0.25) is 0 Å². The molecular weight excluding hydrogens is 473 g/mol. The molecule has 0 bridgehead atoms. The fraction of sp³-hybridized carbons (Fsp3) is 0.242. The van der Waals surface area contributed by atoms with Gasteiger partial charge in [0.15, 0.2) is 0 Å². The number of ether oxygens (including phenoxy) is 1. The first kappa shape index (κ1) is 24.4. The van der Waals surface area contributed by atoms with Crippen molar-refractivity contribution in [2.75, 3.05) is 26.7 Å². The number of aromatic nitrogens is 2. The van der Waals surface area contributed by atoms with Gasteiger partial charge in [-0.05, 0) is 110 Å². The molecule has 2 aromatic heterocycles. The standard InChI is InChI=1S/C33H32FN3O/c1-38-30-11-4-24(5-12-30)14-18-36-19-15-25(16-20-36)32-23-37(29-9-7-28(34)8-10-29)33-13-6-26(21-31(32)33)27-3-2-17-35-22-27/h2-13,17,21-23,25H,14-16,18-20H2,1H3. The van der Waals surface area contributed by atoms with Crippen LogP contribution < -0.4 is 4.74 Å². The highest BCUT2D eigenvalue weighted by molar-refractivity contribution is 5.90. The van der Waals surface area contributed by atoms with Gasteiger partial charge >= 0.3 is 0 Å². The van der Waals surface area contributed by atoms with E-state index in [-0.39, 0.29) is 5.82 Å². The van der Waals surface area contributed by atoms with E-state index in [4.69, 9.17) is 4.74 Å². The zero-order chi connectivity index (χ0) is 25.9. The van der Waals surface area contributed by atoms with Crippen molar-refractivity contribution in [3.8, 4) is 22.6 Å². The highest BCUT2D eigenvalue weighted by Gasteiger charge is 2.24. The molecule has 38 heavy (non-hydrogen) atoms. The summed E-state index contributed by atoms with van der Waals surface area (Å²) in [6, 6.07) is 25.9. The van der Waals surface area contributed by atoms with Gasteiger partial charge in [-0.15, -0.1) is 0 Å². The molecule has 5 aromatic rings. The average Bonchev–Trinajstić information content (AvgIpc) is 3.36. The third-order valence-corrected chi connectivity index (χ3v) is 7.84. The summed E-state index contributed by atoms with van der Waals surface area (Å²) in [6.07, 6.45) is 9.31. The second kappa shape index (κ2) is 10.8. The van der Waals surface area contributed by atoms with E-state index in [0.717, 1.165) is 61.4 Å². The summed E-state index contributed by atoms with van der Waals surface area (Å²) in [6.45, 7) is 3.25. The smallest absolute Gasteiger partial charge is 0.123 e. The Bertz CT molecular complexity index is 1500. The second-order valence-electron chi connectivity index (χ2n) is 10.1. The Balaban J connectivity index is 1.25. The molecule has 1 fully saturated rings.